The summed E-state index contributed by atoms with van der Waals surface area (Å²) in [5, 5.41) is 5.58. The summed E-state index contributed by atoms with van der Waals surface area (Å²) >= 11 is 0. The van der Waals surface area contributed by atoms with Crippen LogP contribution in [0.3, 0.4) is 0 Å². The van der Waals surface area contributed by atoms with E-state index in [-0.39, 0.29) is 12.1 Å². The standard InChI is InChI=1S/C23H19FN4O3/c24-16-9-11-17(12-10-16)28-20(22(25)29)14-19(27-28)23(30)31-21(15-6-2-1-3-7-15)18-8-4-5-13-26-18/h1-13,20-21H,14H2,(H2,25,29). The van der Waals surface area contributed by atoms with E-state index in [9.17, 15) is 14.0 Å². The minimum absolute atomic E-state index is 0.0186. The molecule has 1 aliphatic heterocycles. The van der Waals surface area contributed by atoms with Crippen LogP contribution >= 0.6 is 0 Å². The van der Waals surface area contributed by atoms with Crippen molar-refractivity contribution in [2.45, 2.75) is 18.6 Å². The number of hydrazone groups is 1. The normalized spacial score (nSPS) is 16.5. The van der Waals surface area contributed by atoms with Crippen LogP contribution < -0.4 is 10.7 Å². The fraction of sp³-hybridized carbons (Fsp3) is 0.130. The van der Waals surface area contributed by atoms with Gasteiger partial charge in [0.15, 0.2) is 6.10 Å². The number of nitrogens with zero attached hydrogens (tertiary/aromatic N) is 3. The highest BCUT2D eigenvalue weighted by Gasteiger charge is 2.36. The fourth-order valence-corrected chi connectivity index (χ4v) is 3.32. The predicted octanol–water partition coefficient (Wildman–Crippen LogP) is 2.97. The van der Waals surface area contributed by atoms with Crippen molar-refractivity contribution in [2.24, 2.45) is 10.8 Å². The van der Waals surface area contributed by atoms with E-state index in [1.165, 1.54) is 29.3 Å². The number of pyridine rings is 1. The molecule has 0 saturated heterocycles. The highest BCUT2D eigenvalue weighted by atomic mass is 19.1. The van der Waals surface area contributed by atoms with Gasteiger partial charge in [0.25, 0.3) is 0 Å². The summed E-state index contributed by atoms with van der Waals surface area (Å²) in [4.78, 5) is 29.3. The maximum absolute atomic E-state index is 13.3. The molecule has 0 aliphatic carbocycles. The molecule has 2 aromatic carbocycles. The lowest BCUT2D eigenvalue weighted by atomic mass is 10.1. The molecule has 0 fully saturated rings. The molecule has 2 heterocycles. The Labute approximate surface area is 178 Å². The molecule has 2 atom stereocenters. The second-order valence-corrected chi connectivity index (χ2v) is 6.94. The number of hydrogen-bond donors (Lipinski definition) is 1. The van der Waals surface area contributed by atoms with E-state index in [1.807, 2.05) is 30.3 Å². The third-order valence-corrected chi connectivity index (χ3v) is 4.85. The van der Waals surface area contributed by atoms with Crippen molar-refractivity contribution >= 4 is 23.3 Å². The number of nitrogens with two attached hydrogens (primary N) is 1. The lowest BCUT2D eigenvalue weighted by Gasteiger charge is -2.20. The minimum atomic E-state index is -0.877. The lowest BCUT2D eigenvalue weighted by Crippen LogP contribution is -2.39. The van der Waals surface area contributed by atoms with Gasteiger partial charge in [-0.1, -0.05) is 36.4 Å². The van der Waals surface area contributed by atoms with Gasteiger partial charge >= 0.3 is 5.97 Å². The number of aromatic nitrogens is 1. The first-order chi connectivity index (χ1) is 15.0. The molecule has 3 aromatic rings. The van der Waals surface area contributed by atoms with E-state index in [0.717, 1.165) is 5.56 Å². The molecule has 0 spiro atoms. The van der Waals surface area contributed by atoms with Gasteiger partial charge in [-0.2, -0.15) is 5.10 Å². The first kappa shape index (κ1) is 20.2. The van der Waals surface area contributed by atoms with Gasteiger partial charge in [-0.05, 0) is 42.0 Å². The summed E-state index contributed by atoms with van der Waals surface area (Å²) < 4.78 is 19.0. The van der Waals surface area contributed by atoms with Crippen LogP contribution in [0.25, 0.3) is 0 Å². The van der Waals surface area contributed by atoms with Crippen LogP contribution in [0.2, 0.25) is 0 Å². The van der Waals surface area contributed by atoms with E-state index in [1.54, 1.807) is 24.4 Å². The quantitative estimate of drug-likeness (QED) is 0.621. The van der Waals surface area contributed by atoms with Crippen molar-refractivity contribution in [1.82, 2.24) is 4.98 Å². The van der Waals surface area contributed by atoms with Crippen LogP contribution in [-0.4, -0.2) is 28.6 Å². The van der Waals surface area contributed by atoms with E-state index < -0.39 is 29.8 Å². The van der Waals surface area contributed by atoms with Crippen LogP contribution in [0.1, 0.15) is 23.8 Å². The van der Waals surface area contributed by atoms with Crippen molar-refractivity contribution < 1.29 is 18.7 Å². The van der Waals surface area contributed by atoms with E-state index >= 15 is 0 Å². The molecule has 4 rings (SSSR count). The van der Waals surface area contributed by atoms with Gasteiger partial charge in [-0.25, -0.2) is 9.18 Å². The molecule has 31 heavy (non-hydrogen) atoms. The Kier molecular flexibility index (Phi) is 5.70. The zero-order chi connectivity index (χ0) is 21.8. The highest BCUT2D eigenvalue weighted by Crippen LogP contribution is 2.28. The Balaban J connectivity index is 1.62. The lowest BCUT2D eigenvalue weighted by molar-refractivity contribution is -0.139. The summed E-state index contributed by atoms with van der Waals surface area (Å²) in [7, 11) is 0. The Morgan fingerprint density at radius 1 is 1.03 bits per heavy atom. The third-order valence-electron chi connectivity index (χ3n) is 4.85. The van der Waals surface area contributed by atoms with E-state index in [4.69, 9.17) is 10.5 Å². The minimum Gasteiger partial charge on any atom is -0.446 e. The van der Waals surface area contributed by atoms with Gasteiger partial charge in [0.05, 0.1) is 11.4 Å². The van der Waals surface area contributed by atoms with Crippen LogP contribution in [0.15, 0.2) is 84.1 Å². The average Bonchev–Trinajstić information content (AvgIpc) is 3.25. The monoisotopic (exact) mass is 418 g/mol. The van der Waals surface area contributed by atoms with Crippen molar-refractivity contribution in [3.05, 3.63) is 96.1 Å². The maximum Gasteiger partial charge on any atom is 0.355 e. The van der Waals surface area contributed by atoms with Gasteiger partial charge in [0.1, 0.15) is 17.6 Å². The molecule has 0 saturated carbocycles. The average molecular weight is 418 g/mol. The molecular weight excluding hydrogens is 399 g/mol. The summed E-state index contributed by atoms with van der Waals surface area (Å²) in [6.07, 6.45) is 0.852. The number of carbonyl (C=O) groups is 2. The Morgan fingerprint density at radius 2 is 1.74 bits per heavy atom. The summed E-state index contributed by atoms with van der Waals surface area (Å²) in [5.74, 6) is -1.76. The number of benzene rings is 2. The summed E-state index contributed by atoms with van der Waals surface area (Å²) in [5.41, 5.74) is 7.30. The SMILES string of the molecule is NC(=O)C1CC(C(=O)OC(c2ccccc2)c2ccccn2)=NN1c1ccc(F)cc1. The maximum atomic E-state index is 13.3. The van der Waals surface area contributed by atoms with Crippen molar-refractivity contribution in [3.63, 3.8) is 0 Å². The molecule has 2 N–H and O–H groups in total. The molecule has 1 amide bonds. The van der Waals surface area contributed by atoms with Crippen LogP contribution in [0, 0.1) is 5.82 Å². The van der Waals surface area contributed by atoms with Crippen molar-refractivity contribution in [1.29, 1.82) is 0 Å². The number of hydrogen-bond acceptors (Lipinski definition) is 6. The Hall–Kier alpha value is -4.07. The second kappa shape index (κ2) is 8.74. The molecular formula is C23H19FN4O3. The number of carbonyl (C=O) groups excluding carboxylic acids is 2. The van der Waals surface area contributed by atoms with E-state index in [2.05, 4.69) is 10.1 Å². The van der Waals surface area contributed by atoms with Crippen molar-refractivity contribution in [2.75, 3.05) is 5.01 Å². The highest BCUT2D eigenvalue weighted by molar-refractivity contribution is 6.38. The summed E-state index contributed by atoms with van der Waals surface area (Å²) in [6, 6.07) is 19.1. The van der Waals surface area contributed by atoms with Gasteiger partial charge in [0, 0.05) is 12.6 Å². The largest absolute Gasteiger partial charge is 0.446 e. The number of ether oxygens (including phenoxy) is 1. The second-order valence-electron chi connectivity index (χ2n) is 6.94. The topological polar surface area (TPSA) is 97.9 Å². The Bertz CT molecular complexity index is 1070. The number of esters is 1. The van der Waals surface area contributed by atoms with Crippen LogP contribution in [0.5, 0.6) is 0 Å². The zero-order valence-electron chi connectivity index (χ0n) is 16.4. The third kappa shape index (κ3) is 4.42. The number of rotatable bonds is 6. The van der Waals surface area contributed by atoms with Crippen LogP contribution in [0.4, 0.5) is 10.1 Å². The first-order valence-corrected chi connectivity index (χ1v) is 9.61. The molecule has 8 heteroatoms. The molecule has 1 aromatic heterocycles. The fourth-order valence-electron chi connectivity index (χ4n) is 3.32. The molecule has 2 unspecified atom stereocenters. The Morgan fingerprint density at radius 3 is 2.39 bits per heavy atom. The number of amides is 1. The molecule has 0 bridgehead atoms. The predicted molar refractivity (Wildman–Crippen MR) is 113 cm³/mol. The summed E-state index contributed by atoms with van der Waals surface area (Å²) in [6.45, 7) is 0. The van der Waals surface area contributed by atoms with Gasteiger partial charge in [0.2, 0.25) is 5.91 Å². The van der Waals surface area contributed by atoms with Gasteiger partial charge in [-0.3, -0.25) is 14.8 Å². The van der Waals surface area contributed by atoms with Crippen molar-refractivity contribution in [3.8, 4) is 0 Å². The number of halogens is 1. The smallest absolute Gasteiger partial charge is 0.355 e. The first-order valence-electron chi connectivity index (χ1n) is 9.61. The molecule has 0 radical (unpaired) electrons. The zero-order valence-corrected chi connectivity index (χ0v) is 16.4. The number of primary amides is 1. The van der Waals surface area contributed by atoms with Crippen LogP contribution in [-0.2, 0) is 14.3 Å². The number of anilines is 1. The van der Waals surface area contributed by atoms with Gasteiger partial charge < -0.3 is 10.5 Å². The van der Waals surface area contributed by atoms with Gasteiger partial charge in [-0.15, -0.1) is 0 Å². The molecule has 156 valence electrons. The molecule has 7 nitrogen and oxygen atoms in total. The van der Waals surface area contributed by atoms with E-state index in [0.29, 0.717) is 11.4 Å². The molecule has 1 aliphatic rings.